The summed E-state index contributed by atoms with van der Waals surface area (Å²) in [6.07, 6.45) is 4.91. The largest absolute Gasteiger partial charge is 0.472 e. The first-order chi connectivity index (χ1) is 10.1. The van der Waals surface area contributed by atoms with Crippen molar-refractivity contribution in [2.75, 3.05) is 13.1 Å². The summed E-state index contributed by atoms with van der Waals surface area (Å²) in [5, 5.41) is 7.62. The van der Waals surface area contributed by atoms with Crippen LogP contribution in [0.4, 0.5) is 0 Å². The summed E-state index contributed by atoms with van der Waals surface area (Å²) in [4.78, 5) is 3.91. The van der Waals surface area contributed by atoms with Gasteiger partial charge in [0.15, 0.2) is 5.03 Å². The molecule has 2 aromatic heterocycles. The maximum atomic E-state index is 12.4. The molecule has 21 heavy (non-hydrogen) atoms. The lowest BCUT2D eigenvalue weighted by atomic mass is 10.3. The van der Waals surface area contributed by atoms with Crippen LogP contribution in [-0.4, -0.2) is 51.7 Å². The van der Waals surface area contributed by atoms with Crippen molar-refractivity contribution >= 4 is 10.0 Å². The molecule has 0 saturated carbocycles. The minimum absolute atomic E-state index is 0.0603. The molecule has 0 radical (unpaired) electrons. The third-order valence-corrected chi connectivity index (χ3v) is 4.98. The highest BCUT2D eigenvalue weighted by atomic mass is 32.2. The van der Waals surface area contributed by atoms with Crippen molar-refractivity contribution < 1.29 is 13.2 Å². The predicted octanol–water partition coefficient (Wildman–Crippen LogP) is 0.0521. The van der Waals surface area contributed by atoms with Crippen LogP contribution in [0, 0.1) is 0 Å². The van der Waals surface area contributed by atoms with E-state index in [9.17, 15) is 8.42 Å². The fourth-order valence-corrected chi connectivity index (χ4v) is 3.64. The maximum Gasteiger partial charge on any atom is 0.262 e. The summed E-state index contributed by atoms with van der Waals surface area (Å²) in [5.41, 5.74) is 0. The first kappa shape index (κ1) is 14.0. The topological polar surface area (TPSA) is 90.2 Å². The van der Waals surface area contributed by atoms with Crippen LogP contribution in [-0.2, 0) is 17.1 Å². The normalized spacial score (nSPS) is 19.8. The fraction of sp³-hybridized carbons (Fsp3) is 0.417. The molecular formula is C12H15N5O3S. The van der Waals surface area contributed by atoms with E-state index in [1.54, 1.807) is 29.9 Å². The smallest absolute Gasteiger partial charge is 0.262 e. The van der Waals surface area contributed by atoms with E-state index in [0.29, 0.717) is 18.8 Å². The standard InChI is InChI=1S/C12H15N5O3S/c1-16-8-12(13-9-16)21(18,19)17-6-4-10(7-17)20-11-3-2-5-14-15-11/h2-3,5,8-10H,4,6-7H2,1H3/t10-/m0/s1. The zero-order valence-corrected chi connectivity index (χ0v) is 12.3. The van der Waals surface area contributed by atoms with Crippen molar-refractivity contribution in [2.45, 2.75) is 17.6 Å². The average Bonchev–Trinajstić information content (AvgIpc) is 3.10. The van der Waals surface area contributed by atoms with Crippen LogP contribution in [0.25, 0.3) is 0 Å². The second kappa shape index (κ2) is 5.41. The lowest BCUT2D eigenvalue weighted by molar-refractivity contribution is 0.204. The number of ether oxygens (including phenoxy) is 1. The summed E-state index contributed by atoms with van der Waals surface area (Å²) >= 11 is 0. The molecule has 9 heteroatoms. The molecule has 0 spiro atoms. The van der Waals surface area contributed by atoms with Crippen LogP contribution in [0.5, 0.6) is 5.88 Å². The molecule has 0 N–H and O–H groups in total. The second-order valence-electron chi connectivity index (χ2n) is 4.83. The Morgan fingerprint density at radius 3 is 2.95 bits per heavy atom. The van der Waals surface area contributed by atoms with Crippen molar-refractivity contribution in [3.05, 3.63) is 30.9 Å². The van der Waals surface area contributed by atoms with Crippen LogP contribution in [0.15, 0.2) is 35.9 Å². The third kappa shape index (κ3) is 2.88. The summed E-state index contributed by atoms with van der Waals surface area (Å²) in [7, 11) is -1.83. The molecule has 1 saturated heterocycles. The van der Waals surface area contributed by atoms with E-state index in [4.69, 9.17) is 4.74 Å². The number of imidazole rings is 1. The van der Waals surface area contributed by atoms with Crippen molar-refractivity contribution in [3.8, 4) is 5.88 Å². The van der Waals surface area contributed by atoms with Crippen LogP contribution in [0.3, 0.4) is 0 Å². The maximum absolute atomic E-state index is 12.4. The van der Waals surface area contributed by atoms with Gasteiger partial charge in [0.05, 0.1) is 12.9 Å². The third-order valence-electron chi connectivity index (χ3n) is 3.23. The molecule has 1 fully saturated rings. The molecule has 0 bridgehead atoms. The van der Waals surface area contributed by atoms with Crippen molar-refractivity contribution in [2.24, 2.45) is 7.05 Å². The Hall–Kier alpha value is -2.00. The number of sulfonamides is 1. The molecule has 0 unspecified atom stereocenters. The minimum atomic E-state index is -3.56. The van der Waals surface area contributed by atoms with Gasteiger partial charge in [-0.15, -0.1) is 5.10 Å². The van der Waals surface area contributed by atoms with Crippen molar-refractivity contribution in [3.63, 3.8) is 0 Å². The van der Waals surface area contributed by atoms with E-state index in [-0.39, 0.29) is 17.7 Å². The Kier molecular flexibility index (Phi) is 3.60. The van der Waals surface area contributed by atoms with Gasteiger partial charge in [-0.05, 0) is 12.5 Å². The van der Waals surface area contributed by atoms with Crippen molar-refractivity contribution in [1.82, 2.24) is 24.1 Å². The number of rotatable bonds is 4. The van der Waals surface area contributed by atoms with Gasteiger partial charge in [-0.1, -0.05) is 0 Å². The first-order valence-corrected chi connectivity index (χ1v) is 7.92. The highest BCUT2D eigenvalue weighted by Gasteiger charge is 2.35. The van der Waals surface area contributed by atoms with E-state index in [1.165, 1.54) is 16.8 Å². The molecule has 8 nitrogen and oxygen atoms in total. The van der Waals surface area contributed by atoms with E-state index in [2.05, 4.69) is 15.2 Å². The summed E-state index contributed by atoms with van der Waals surface area (Å²) in [5.74, 6) is 0.402. The van der Waals surface area contributed by atoms with E-state index in [0.717, 1.165) is 0 Å². The molecule has 0 amide bonds. The fourth-order valence-electron chi connectivity index (χ4n) is 2.19. The SMILES string of the molecule is Cn1cnc(S(=O)(=O)N2CC[C@H](Oc3cccnn3)C2)c1. The minimum Gasteiger partial charge on any atom is -0.472 e. The Labute approximate surface area is 122 Å². The zero-order valence-electron chi connectivity index (χ0n) is 11.5. The lowest BCUT2D eigenvalue weighted by Crippen LogP contribution is -2.31. The number of hydrogen-bond acceptors (Lipinski definition) is 6. The van der Waals surface area contributed by atoms with Gasteiger partial charge in [-0.3, -0.25) is 0 Å². The molecule has 1 aliphatic rings. The molecule has 0 aromatic carbocycles. The molecule has 3 rings (SSSR count). The highest BCUT2D eigenvalue weighted by Crippen LogP contribution is 2.22. The quantitative estimate of drug-likeness (QED) is 0.793. The second-order valence-corrected chi connectivity index (χ2v) is 6.72. The van der Waals surface area contributed by atoms with Gasteiger partial charge in [0.2, 0.25) is 5.88 Å². The van der Waals surface area contributed by atoms with Gasteiger partial charge >= 0.3 is 0 Å². The average molecular weight is 309 g/mol. The first-order valence-electron chi connectivity index (χ1n) is 6.48. The van der Waals surface area contributed by atoms with Gasteiger partial charge in [-0.25, -0.2) is 13.4 Å². The number of hydrogen-bond donors (Lipinski definition) is 0. The molecule has 1 aliphatic heterocycles. The highest BCUT2D eigenvalue weighted by molar-refractivity contribution is 7.89. The zero-order chi connectivity index (χ0) is 14.9. The summed E-state index contributed by atoms with van der Waals surface area (Å²) < 4.78 is 33.5. The predicted molar refractivity (Wildman–Crippen MR) is 73.0 cm³/mol. The van der Waals surface area contributed by atoms with Gasteiger partial charge in [0.1, 0.15) is 6.10 Å². The Balaban J connectivity index is 1.69. The molecule has 112 valence electrons. The van der Waals surface area contributed by atoms with Crippen LogP contribution < -0.4 is 4.74 Å². The Bertz CT molecular complexity index is 716. The van der Waals surface area contributed by atoms with Crippen LogP contribution in [0.1, 0.15) is 6.42 Å². The van der Waals surface area contributed by atoms with Crippen LogP contribution in [0.2, 0.25) is 0 Å². The Morgan fingerprint density at radius 2 is 2.29 bits per heavy atom. The number of nitrogens with zero attached hydrogens (tertiary/aromatic N) is 5. The number of aromatic nitrogens is 4. The molecule has 3 heterocycles. The number of aryl methyl sites for hydroxylation is 1. The van der Waals surface area contributed by atoms with Gasteiger partial charge in [-0.2, -0.15) is 9.40 Å². The molecular weight excluding hydrogens is 294 g/mol. The summed E-state index contributed by atoms with van der Waals surface area (Å²) in [6, 6.07) is 3.42. The van der Waals surface area contributed by atoms with E-state index in [1.807, 2.05) is 0 Å². The van der Waals surface area contributed by atoms with Crippen LogP contribution >= 0.6 is 0 Å². The molecule has 0 aliphatic carbocycles. The Morgan fingerprint density at radius 1 is 1.43 bits per heavy atom. The monoisotopic (exact) mass is 309 g/mol. The van der Waals surface area contributed by atoms with Gasteiger partial charge < -0.3 is 9.30 Å². The van der Waals surface area contributed by atoms with Gasteiger partial charge in [0.25, 0.3) is 10.0 Å². The van der Waals surface area contributed by atoms with Crippen molar-refractivity contribution in [1.29, 1.82) is 0 Å². The van der Waals surface area contributed by atoms with Gasteiger partial charge in [0, 0.05) is 32.1 Å². The summed E-state index contributed by atoms with van der Waals surface area (Å²) in [6.45, 7) is 0.694. The lowest BCUT2D eigenvalue weighted by Gasteiger charge is -2.15. The van der Waals surface area contributed by atoms with E-state index >= 15 is 0 Å². The molecule has 2 aromatic rings. The van der Waals surface area contributed by atoms with E-state index < -0.39 is 10.0 Å². The molecule has 1 atom stereocenters.